The van der Waals surface area contributed by atoms with Crippen LogP contribution in [0.15, 0.2) is 6.07 Å². The molecule has 1 amide bonds. The van der Waals surface area contributed by atoms with E-state index in [1.165, 1.54) is 6.42 Å². The molecule has 1 aromatic heterocycles. The van der Waals surface area contributed by atoms with Crippen LogP contribution in [0.5, 0.6) is 0 Å². The number of aromatic nitrogens is 2. The van der Waals surface area contributed by atoms with E-state index < -0.39 is 0 Å². The van der Waals surface area contributed by atoms with Crippen LogP contribution in [0, 0.1) is 12.3 Å². The second-order valence-corrected chi connectivity index (χ2v) is 9.00. The number of amides is 1. The number of piperidine rings is 2. The van der Waals surface area contributed by atoms with Crippen LogP contribution >= 0.6 is 0 Å². The quantitative estimate of drug-likeness (QED) is 0.794. The molecule has 1 atom stereocenters. The number of anilines is 1. The minimum atomic E-state index is 0.204. The SMILES string of the molecule is Cc1nc(C(C)C)cc(N2CCCC3(CCC(=O)N(CCN(C)C)C3)C2)n1. The van der Waals surface area contributed by atoms with Gasteiger partial charge in [-0.1, -0.05) is 13.8 Å². The monoisotopic (exact) mass is 373 g/mol. The maximum absolute atomic E-state index is 12.4. The molecule has 2 fully saturated rings. The molecule has 6 nitrogen and oxygen atoms in total. The Balaban J connectivity index is 1.76. The van der Waals surface area contributed by atoms with Crippen molar-refractivity contribution in [2.75, 3.05) is 51.7 Å². The van der Waals surface area contributed by atoms with E-state index in [0.717, 1.165) is 62.9 Å². The summed E-state index contributed by atoms with van der Waals surface area (Å²) in [6.45, 7) is 11.0. The zero-order valence-corrected chi connectivity index (χ0v) is 17.7. The van der Waals surface area contributed by atoms with Crippen LogP contribution in [0.3, 0.4) is 0 Å². The van der Waals surface area contributed by atoms with Crippen molar-refractivity contribution >= 4 is 11.7 Å². The standard InChI is InChI=1S/C21H35N5O/c1-16(2)18-13-19(23-17(3)22-18)25-10-6-8-21(14-25)9-7-20(27)26(15-21)12-11-24(4)5/h13,16H,6-12,14-15H2,1-5H3. The van der Waals surface area contributed by atoms with Gasteiger partial charge < -0.3 is 14.7 Å². The van der Waals surface area contributed by atoms with Crippen LogP contribution in [-0.2, 0) is 4.79 Å². The number of carbonyl (C=O) groups excluding carboxylic acids is 1. The van der Waals surface area contributed by atoms with E-state index in [1.54, 1.807) is 0 Å². The lowest BCUT2D eigenvalue weighted by Gasteiger charge is -2.48. The first-order valence-electron chi connectivity index (χ1n) is 10.3. The van der Waals surface area contributed by atoms with E-state index in [1.807, 2.05) is 6.92 Å². The van der Waals surface area contributed by atoms with E-state index in [4.69, 9.17) is 4.98 Å². The molecule has 1 unspecified atom stereocenters. The number of carbonyl (C=O) groups is 1. The van der Waals surface area contributed by atoms with E-state index >= 15 is 0 Å². The van der Waals surface area contributed by atoms with Gasteiger partial charge in [-0.25, -0.2) is 9.97 Å². The Hall–Kier alpha value is -1.69. The Kier molecular flexibility index (Phi) is 6.04. The molecule has 0 N–H and O–H groups in total. The summed E-state index contributed by atoms with van der Waals surface area (Å²) < 4.78 is 0. The first-order valence-corrected chi connectivity index (χ1v) is 10.3. The van der Waals surface area contributed by atoms with E-state index in [0.29, 0.717) is 18.2 Å². The number of nitrogens with zero attached hydrogens (tertiary/aromatic N) is 5. The molecular weight excluding hydrogens is 338 g/mol. The van der Waals surface area contributed by atoms with E-state index in [9.17, 15) is 4.79 Å². The fraction of sp³-hybridized carbons (Fsp3) is 0.762. The molecule has 0 aromatic carbocycles. The highest BCUT2D eigenvalue weighted by Gasteiger charge is 2.42. The zero-order chi connectivity index (χ0) is 19.6. The predicted octanol–water partition coefficient (Wildman–Crippen LogP) is 2.68. The molecule has 0 aliphatic carbocycles. The first kappa shape index (κ1) is 20.1. The number of rotatable bonds is 5. The Bertz CT molecular complexity index is 675. The molecule has 2 aliphatic rings. The highest BCUT2D eigenvalue weighted by molar-refractivity contribution is 5.77. The normalized spacial score (nSPS) is 23.7. The molecule has 0 bridgehead atoms. The lowest BCUT2D eigenvalue weighted by molar-refractivity contribution is -0.138. The van der Waals surface area contributed by atoms with Gasteiger partial charge in [-0.2, -0.15) is 0 Å². The summed E-state index contributed by atoms with van der Waals surface area (Å²) in [4.78, 5) is 28.4. The molecule has 2 saturated heterocycles. The smallest absolute Gasteiger partial charge is 0.222 e. The van der Waals surface area contributed by atoms with Crippen molar-refractivity contribution in [1.29, 1.82) is 0 Å². The molecule has 1 spiro atoms. The Morgan fingerprint density at radius 1 is 1.22 bits per heavy atom. The summed E-state index contributed by atoms with van der Waals surface area (Å²) in [5.41, 5.74) is 1.32. The van der Waals surface area contributed by atoms with Gasteiger partial charge in [0.2, 0.25) is 5.91 Å². The van der Waals surface area contributed by atoms with Crippen LogP contribution < -0.4 is 4.90 Å². The molecule has 0 radical (unpaired) electrons. The molecule has 3 rings (SSSR count). The van der Waals surface area contributed by atoms with Gasteiger partial charge in [-0.05, 0) is 46.2 Å². The second-order valence-electron chi connectivity index (χ2n) is 9.00. The van der Waals surface area contributed by atoms with Crippen LogP contribution in [0.2, 0.25) is 0 Å². The fourth-order valence-corrected chi connectivity index (χ4v) is 4.40. The summed E-state index contributed by atoms with van der Waals surface area (Å²) in [6.07, 6.45) is 4.05. The molecule has 6 heteroatoms. The van der Waals surface area contributed by atoms with Gasteiger partial charge in [0.05, 0.1) is 0 Å². The summed E-state index contributed by atoms with van der Waals surface area (Å²) in [5, 5.41) is 0. The highest BCUT2D eigenvalue weighted by atomic mass is 16.2. The minimum absolute atomic E-state index is 0.204. The van der Waals surface area contributed by atoms with Crippen LogP contribution in [-0.4, -0.2) is 72.5 Å². The number of aryl methyl sites for hydroxylation is 1. The number of hydrogen-bond acceptors (Lipinski definition) is 5. The van der Waals surface area contributed by atoms with E-state index in [-0.39, 0.29) is 5.41 Å². The van der Waals surface area contributed by atoms with Crippen molar-refractivity contribution < 1.29 is 4.79 Å². The van der Waals surface area contributed by atoms with E-state index in [2.05, 4.69) is 53.7 Å². The van der Waals surface area contributed by atoms with Crippen LogP contribution in [0.25, 0.3) is 0 Å². The Morgan fingerprint density at radius 2 is 2.00 bits per heavy atom. The molecule has 0 saturated carbocycles. The van der Waals surface area contributed by atoms with Crippen molar-refractivity contribution in [3.05, 3.63) is 17.6 Å². The zero-order valence-electron chi connectivity index (χ0n) is 17.7. The van der Waals surface area contributed by atoms with Crippen LogP contribution in [0.1, 0.15) is 57.0 Å². The van der Waals surface area contributed by atoms with Crippen molar-refractivity contribution in [1.82, 2.24) is 19.8 Å². The molecule has 2 aliphatic heterocycles. The Morgan fingerprint density at radius 3 is 2.70 bits per heavy atom. The van der Waals surface area contributed by atoms with Gasteiger partial charge in [0, 0.05) is 56.3 Å². The average molecular weight is 374 g/mol. The lowest BCUT2D eigenvalue weighted by Crippen LogP contribution is -2.55. The second kappa shape index (κ2) is 8.13. The number of likely N-dealkylation sites (N-methyl/N-ethyl adjacent to an activating group) is 1. The average Bonchev–Trinajstić information content (AvgIpc) is 2.62. The van der Waals surface area contributed by atoms with Gasteiger partial charge in [0.1, 0.15) is 11.6 Å². The summed E-state index contributed by atoms with van der Waals surface area (Å²) >= 11 is 0. The Labute approximate surface area is 164 Å². The van der Waals surface area contributed by atoms with Gasteiger partial charge >= 0.3 is 0 Å². The third kappa shape index (κ3) is 4.78. The molecule has 1 aromatic rings. The minimum Gasteiger partial charge on any atom is -0.356 e. The molecule has 150 valence electrons. The third-order valence-electron chi connectivity index (χ3n) is 5.99. The maximum Gasteiger partial charge on any atom is 0.222 e. The van der Waals surface area contributed by atoms with Crippen molar-refractivity contribution in [2.45, 2.75) is 52.4 Å². The largest absolute Gasteiger partial charge is 0.356 e. The van der Waals surface area contributed by atoms with Crippen LogP contribution in [0.4, 0.5) is 5.82 Å². The summed E-state index contributed by atoms with van der Waals surface area (Å²) in [6, 6.07) is 2.16. The summed E-state index contributed by atoms with van der Waals surface area (Å²) in [5.74, 6) is 2.63. The third-order valence-corrected chi connectivity index (χ3v) is 5.99. The number of likely N-dealkylation sites (tertiary alicyclic amines) is 1. The van der Waals surface area contributed by atoms with Crippen molar-refractivity contribution in [3.63, 3.8) is 0 Å². The topological polar surface area (TPSA) is 52.6 Å². The van der Waals surface area contributed by atoms with Crippen molar-refractivity contribution in [3.8, 4) is 0 Å². The molecule has 3 heterocycles. The van der Waals surface area contributed by atoms with Gasteiger partial charge in [0.15, 0.2) is 0 Å². The summed E-state index contributed by atoms with van der Waals surface area (Å²) in [7, 11) is 4.13. The molecular formula is C21H35N5O. The highest BCUT2D eigenvalue weighted by Crippen LogP contribution is 2.40. The van der Waals surface area contributed by atoms with Gasteiger partial charge in [-0.15, -0.1) is 0 Å². The van der Waals surface area contributed by atoms with Gasteiger partial charge in [0.25, 0.3) is 0 Å². The molecule has 27 heavy (non-hydrogen) atoms. The van der Waals surface area contributed by atoms with Crippen molar-refractivity contribution in [2.24, 2.45) is 5.41 Å². The lowest BCUT2D eigenvalue weighted by atomic mass is 9.73. The fourth-order valence-electron chi connectivity index (χ4n) is 4.40. The first-order chi connectivity index (χ1) is 12.8. The number of hydrogen-bond donors (Lipinski definition) is 0. The predicted molar refractivity (Wildman–Crippen MR) is 109 cm³/mol. The maximum atomic E-state index is 12.4. The van der Waals surface area contributed by atoms with Gasteiger partial charge in [-0.3, -0.25) is 4.79 Å².